The maximum atomic E-state index is 12.1. The number of methoxy groups -OCH3 is 2. The lowest BCUT2D eigenvalue weighted by molar-refractivity contribution is -0.129. The van der Waals surface area contributed by atoms with Crippen LogP contribution in [0, 0.1) is 0 Å². The van der Waals surface area contributed by atoms with Crippen LogP contribution in [0.1, 0.15) is 18.0 Å². The van der Waals surface area contributed by atoms with E-state index >= 15 is 0 Å². The van der Waals surface area contributed by atoms with Crippen LogP contribution in [-0.4, -0.2) is 44.2 Å². The topological polar surface area (TPSA) is 64.8 Å². The quantitative estimate of drug-likeness (QED) is 0.897. The van der Waals surface area contributed by atoms with Gasteiger partial charge in [-0.2, -0.15) is 0 Å². The van der Waals surface area contributed by atoms with Crippen molar-refractivity contribution in [1.82, 2.24) is 4.90 Å². The van der Waals surface area contributed by atoms with Gasteiger partial charge in [0, 0.05) is 36.7 Å². The summed E-state index contributed by atoms with van der Waals surface area (Å²) >= 11 is 6.30. The van der Waals surface area contributed by atoms with E-state index < -0.39 is 0 Å². The number of carbonyl (C=O) groups is 1. The summed E-state index contributed by atoms with van der Waals surface area (Å²) in [4.78, 5) is 13.8. The molecule has 0 aliphatic carbocycles. The van der Waals surface area contributed by atoms with Crippen molar-refractivity contribution < 1.29 is 14.3 Å². The van der Waals surface area contributed by atoms with Gasteiger partial charge in [0.1, 0.15) is 5.75 Å². The van der Waals surface area contributed by atoms with Crippen molar-refractivity contribution in [2.45, 2.75) is 18.5 Å². The maximum Gasteiger partial charge on any atom is 0.224 e. The summed E-state index contributed by atoms with van der Waals surface area (Å²) in [5, 5.41) is 0.557. The standard InChI is InChI=1S/C14H19ClN2O3/c1-19-7-6-17-12(18)8-10(16)14(17)13-9(15)4-3-5-11(13)20-2/h3-5,10,14H,6-8,16H2,1-2H3. The van der Waals surface area contributed by atoms with E-state index in [0.717, 1.165) is 5.56 Å². The molecule has 0 aromatic heterocycles. The third-order valence-corrected chi connectivity index (χ3v) is 3.87. The lowest BCUT2D eigenvalue weighted by Gasteiger charge is -2.29. The number of rotatable bonds is 5. The fourth-order valence-electron chi connectivity index (χ4n) is 2.62. The average Bonchev–Trinajstić information content (AvgIpc) is 2.70. The number of benzene rings is 1. The summed E-state index contributed by atoms with van der Waals surface area (Å²) in [5.74, 6) is 0.664. The second-order valence-electron chi connectivity index (χ2n) is 4.75. The Morgan fingerprint density at radius 1 is 1.45 bits per heavy atom. The van der Waals surface area contributed by atoms with Crippen LogP contribution in [-0.2, 0) is 9.53 Å². The van der Waals surface area contributed by atoms with Crippen LogP contribution in [0.2, 0.25) is 5.02 Å². The van der Waals surface area contributed by atoms with Gasteiger partial charge in [0.2, 0.25) is 5.91 Å². The predicted molar refractivity (Wildman–Crippen MR) is 76.9 cm³/mol. The highest BCUT2D eigenvalue weighted by Crippen LogP contribution is 2.40. The summed E-state index contributed by atoms with van der Waals surface area (Å²) in [6.07, 6.45) is 0.308. The number of amides is 1. The summed E-state index contributed by atoms with van der Waals surface area (Å²) in [6, 6.07) is 4.84. The molecule has 0 radical (unpaired) electrons. The van der Waals surface area contributed by atoms with Crippen LogP contribution in [0.3, 0.4) is 0 Å². The highest BCUT2D eigenvalue weighted by atomic mass is 35.5. The Bertz CT molecular complexity index is 495. The van der Waals surface area contributed by atoms with Crippen molar-refractivity contribution in [3.63, 3.8) is 0 Å². The largest absolute Gasteiger partial charge is 0.496 e. The zero-order valence-electron chi connectivity index (χ0n) is 11.6. The molecule has 0 spiro atoms. The van der Waals surface area contributed by atoms with Crippen molar-refractivity contribution in [3.05, 3.63) is 28.8 Å². The molecule has 2 unspecified atom stereocenters. The van der Waals surface area contributed by atoms with E-state index in [2.05, 4.69) is 0 Å². The summed E-state index contributed by atoms with van der Waals surface area (Å²) in [7, 11) is 3.18. The molecule has 2 atom stereocenters. The van der Waals surface area contributed by atoms with Gasteiger partial charge in [0.15, 0.2) is 0 Å². The number of nitrogens with two attached hydrogens (primary N) is 1. The molecule has 6 heteroatoms. The minimum atomic E-state index is -0.298. The van der Waals surface area contributed by atoms with Gasteiger partial charge in [-0.05, 0) is 12.1 Å². The zero-order valence-corrected chi connectivity index (χ0v) is 12.4. The second-order valence-corrected chi connectivity index (χ2v) is 5.16. The van der Waals surface area contributed by atoms with Gasteiger partial charge in [-0.25, -0.2) is 0 Å². The lowest BCUT2D eigenvalue weighted by Crippen LogP contribution is -2.35. The van der Waals surface area contributed by atoms with E-state index in [4.69, 9.17) is 26.8 Å². The predicted octanol–water partition coefficient (Wildman–Crippen LogP) is 1.60. The van der Waals surface area contributed by atoms with Gasteiger partial charge in [0.05, 0.1) is 19.8 Å². The van der Waals surface area contributed by atoms with Crippen LogP contribution in [0.25, 0.3) is 0 Å². The Hall–Kier alpha value is -1.30. The van der Waals surface area contributed by atoms with Crippen molar-refractivity contribution in [3.8, 4) is 5.75 Å². The van der Waals surface area contributed by atoms with Crippen molar-refractivity contribution in [2.24, 2.45) is 5.73 Å². The Kier molecular flexibility index (Phi) is 4.86. The average molecular weight is 299 g/mol. The monoisotopic (exact) mass is 298 g/mol. The fraction of sp³-hybridized carbons (Fsp3) is 0.500. The highest BCUT2D eigenvalue weighted by molar-refractivity contribution is 6.31. The van der Waals surface area contributed by atoms with E-state index in [0.29, 0.717) is 30.3 Å². The number of hydrogen-bond acceptors (Lipinski definition) is 4. The van der Waals surface area contributed by atoms with E-state index in [1.165, 1.54) is 0 Å². The molecular weight excluding hydrogens is 280 g/mol. The van der Waals surface area contributed by atoms with Gasteiger partial charge in [-0.15, -0.1) is 0 Å². The minimum Gasteiger partial charge on any atom is -0.496 e. The Morgan fingerprint density at radius 3 is 2.85 bits per heavy atom. The molecule has 1 saturated heterocycles. The van der Waals surface area contributed by atoms with E-state index in [9.17, 15) is 4.79 Å². The molecule has 20 heavy (non-hydrogen) atoms. The van der Waals surface area contributed by atoms with E-state index in [-0.39, 0.29) is 18.0 Å². The van der Waals surface area contributed by atoms with Crippen molar-refractivity contribution in [2.75, 3.05) is 27.4 Å². The number of likely N-dealkylation sites (tertiary alicyclic amines) is 1. The van der Waals surface area contributed by atoms with E-state index in [1.54, 1.807) is 25.2 Å². The molecular formula is C14H19ClN2O3. The van der Waals surface area contributed by atoms with Gasteiger partial charge >= 0.3 is 0 Å². The SMILES string of the molecule is COCCN1C(=O)CC(N)C1c1c(Cl)cccc1OC. The number of ether oxygens (including phenoxy) is 2. The van der Waals surface area contributed by atoms with Gasteiger partial charge in [-0.1, -0.05) is 17.7 Å². The maximum absolute atomic E-state index is 12.1. The molecule has 1 aromatic carbocycles. The third-order valence-electron chi connectivity index (χ3n) is 3.54. The molecule has 110 valence electrons. The van der Waals surface area contributed by atoms with Crippen LogP contribution < -0.4 is 10.5 Å². The van der Waals surface area contributed by atoms with E-state index in [1.807, 2.05) is 12.1 Å². The number of hydrogen-bond donors (Lipinski definition) is 1. The molecule has 2 N–H and O–H groups in total. The molecule has 0 saturated carbocycles. The Labute approximate surface area is 123 Å². The fourth-order valence-corrected chi connectivity index (χ4v) is 2.90. The number of nitrogens with zero attached hydrogens (tertiary/aromatic N) is 1. The van der Waals surface area contributed by atoms with Gasteiger partial charge in [-0.3, -0.25) is 4.79 Å². The number of halogens is 1. The molecule has 5 nitrogen and oxygen atoms in total. The minimum absolute atomic E-state index is 0.0153. The molecule has 1 aliphatic rings. The van der Waals surface area contributed by atoms with Crippen LogP contribution in [0.4, 0.5) is 0 Å². The molecule has 1 aromatic rings. The first-order valence-corrected chi connectivity index (χ1v) is 6.84. The van der Waals surface area contributed by atoms with Crippen LogP contribution in [0.15, 0.2) is 18.2 Å². The summed E-state index contributed by atoms with van der Waals surface area (Å²) < 4.78 is 10.4. The molecule has 2 rings (SSSR count). The van der Waals surface area contributed by atoms with Crippen LogP contribution in [0.5, 0.6) is 5.75 Å². The smallest absolute Gasteiger partial charge is 0.224 e. The van der Waals surface area contributed by atoms with Crippen molar-refractivity contribution in [1.29, 1.82) is 0 Å². The summed E-state index contributed by atoms with van der Waals surface area (Å²) in [5.41, 5.74) is 6.91. The van der Waals surface area contributed by atoms with Gasteiger partial charge in [0.25, 0.3) is 0 Å². The second kappa shape index (κ2) is 6.43. The molecule has 0 bridgehead atoms. The third kappa shape index (κ3) is 2.75. The number of carbonyl (C=O) groups excluding carboxylic acids is 1. The highest BCUT2D eigenvalue weighted by Gasteiger charge is 2.40. The Morgan fingerprint density at radius 2 is 2.20 bits per heavy atom. The lowest BCUT2D eigenvalue weighted by atomic mass is 9.99. The normalized spacial score (nSPS) is 22.4. The molecule has 1 fully saturated rings. The first-order chi connectivity index (χ1) is 9.60. The van der Waals surface area contributed by atoms with Crippen LogP contribution >= 0.6 is 11.6 Å². The Balaban J connectivity index is 2.40. The van der Waals surface area contributed by atoms with Gasteiger partial charge < -0.3 is 20.1 Å². The first kappa shape index (κ1) is 15.1. The van der Waals surface area contributed by atoms with Crippen molar-refractivity contribution >= 4 is 17.5 Å². The zero-order chi connectivity index (χ0) is 14.7. The first-order valence-electron chi connectivity index (χ1n) is 6.46. The molecule has 1 amide bonds. The molecule has 1 aliphatic heterocycles. The summed E-state index contributed by atoms with van der Waals surface area (Å²) in [6.45, 7) is 0.948. The molecule has 1 heterocycles.